The maximum Gasteiger partial charge on any atom is 0.0589 e. The minimum Gasteiger partial charge on any atom is -0.385 e. The van der Waals surface area contributed by atoms with Gasteiger partial charge in [0.05, 0.1) is 13.2 Å². The SMILES string of the molecule is COCCCN(CCOC)CCOC. The standard InChI is InChI=1S/C10H23NO3/c1-12-8-4-5-11(6-9-13-2)7-10-14-3/h4-10H2,1-3H3. The van der Waals surface area contributed by atoms with Crippen LogP contribution in [0.2, 0.25) is 0 Å². The van der Waals surface area contributed by atoms with E-state index in [1.165, 1.54) is 0 Å². The number of methoxy groups -OCH3 is 3. The number of hydrogen-bond donors (Lipinski definition) is 0. The number of ether oxygens (including phenoxy) is 3. The highest BCUT2D eigenvalue weighted by molar-refractivity contribution is 4.56. The smallest absolute Gasteiger partial charge is 0.0589 e. The van der Waals surface area contributed by atoms with E-state index in [0.29, 0.717) is 0 Å². The predicted octanol–water partition coefficient (Wildman–Crippen LogP) is 0.618. The van der Waals surface area contributed by atoms with E-state index in [1.54, 1.807) is 21.3 Å². The molecule has 86 valence electrons. The van der Waals surface area contributed by atoms with Crippen LogP contribution >= 0.6 is 0 Å². The van der Waals surface area contributed by atoms with Gasteiger partial charge < -0.3 is 14.2 Å². The fraction of sp³-hybridized carbons (Fsp3) is 1.00. The topological polar surface area (TPSA) is 30.9 Å². The summed E-state index contributed by atoms with van der Waals surface area (Å²) in [6.07, 6.45) is 1.06. The monoisotopic (exact) mass is 205 g/mol. The molecule has 0 bridgehead atoms. The molecule has 0 aliphatic rings. The molecule has 0 rings (SSSR count). The van der Waals surface area contributed by atoms with Gasteiger partial charge in [-0.3, -0.25) is 4.90 Å². The third-order valence-corrected chi connectivity index (χ3v) is 2.05. The van der Waals surface area contributed by atoms with Crippen LogP contribution in [0.15, 0.2) is 0 Å². The van der Waals surface area contributed by atoms with Gasteiger partial charge >= 0.3 is 0 Å². The van der Waals surface area contributed by atoms with Crippen LogP contribution in [-0.2, 0) is 14.2 Å². The largest absolute Gasteiger partial charge is 0.385 e. The van der Waals surface area contributed by atoms with E-state index in [9.17, 15) is 0 Å². The molecular weight excluding hydrogens is 182 g/mol. The Labute approximate surface area is 87.1 Å². The zero-order chi connectivity index (χ0) is 10.6. The van der Waals surface area contributed by atoms with Gasteiger partial charge in [0, 0.05) is 47.6 Å². The van der Waals surface area contributed by atoms with E-state index in [1.807, 2.05) is 0 Å². The van der Waals surface area contributed by atoms with Crippen LogP contribution in [0.4, 0.5) is 0 Å². The zero-order valence-electron chi connectivity index (χ0n) is 9.62. The van der Waals surface area contributed by atoms with Gasteiger partial charge in [-0.05, 0) is 6.42 Å². The Bertz CT molecular complexity index is 104. The molecule has 0 fully saturated rings. The molecule has 14 heavy (non-hydrogen) atoms. The Kier molecular flexibility index (Phi) is 10.8. The number of hydrogen-bond acceptors (Lipinski definition) is 4. The van der Waals surface area contributed by atoms with Gasteiger partial charge in [-0.1, -0.05) is 0 Å². The van der Waals surface area contributed by atoms with Crippen molar-refractivity contribution in [2.45, 2.75) is 6.42 Å². The van der Waals surface area contributed by atoms with E-state index in [2.05, 4.69) is 4.90 Å². The second kappa shape index (κ2) is 10.9. The van der Waals surface area contributed by atoms with Crippen molar-refractivity contribution in [3.05, 3.63) is 0 Å². The predicted molar refractivity (Wildman–Crippen MR) is 56.7 cm³/mol. The maximum absolute atomic E-state index is 5.04. The van der Waals surface area contributed by atoms with Gasteiger partial charge in [0.25, 0.3) is 0 Å². The summed E-state index contributed by atoms with van der Waals surface area (Å²) >= 11 is 0. The minimum atomic E-state index is 0.775. The van der Waals surface area contributed by atoms with Crippen molar-refractivity contribution in [3.8, 4) is 0 Å². The molecule has 0 atom stereocenters. The molecule has 0 N–H and O–H groups in total. The highest BCUT2D eigenvalue weighted by atomic mass is 16.5. The summed E-state index contributed by atoms with van der Waals surface area (Å²) in [5.41, 5.74) is 0. The Morgan fingerprint density at radius 1 is 0.714 bits per heavy atom. The van der Waals surface area contributed by atoms with Crippen LogP contribution in [0, 0.1) is 0 Å². The first-order valence-corrected chi connectivity index (χ1v) is 5.04. The van der Waals surface area contributed by atoms with Crippen LogP contribution in [0.5, 0.6) is 0 Å². The Hall–Kier alpha value is -0.160. The fourth-order valence-corrected chi connectivity index (χ4v) is 1.21. The van der Waals surface area contributed by atoms with Crippen LogP contribution < -0.4 is 0 Å². The third kappa shape index (κ3) is 8.44. The summed E-state index contributed by atoms with van der Waals surface area (Å²) in [6.45, 7) is 5.33. The van der Waals surface area contributed by atoms with Gasteiger partial charge in [-0.2, -0.15) is 0 Å². The van der Waals surface area contributed by atoms with Crippen molar-refractivity contribution in [1.29, 1.82) is 0 Å². The van der Waals surface area contributed by atoms with Crippen LogP contribution in [0.25, 0.3) is 0 Å². The molecule has 0 heterocycles. The lowest BCUT2D eigenvalue weighted by molar-refractivity contribution is 0.104. The van der Waals surface area contributed by atoms with E-state index < -0.39 is 0 Å². The third-order valence-electron chi connectivity index (χ3n) is 2.05. The molecule has 0 spiro atoms. The number of rotatable bonds is 10. The Morgan fingerprint density at radius 3 is 1.64 bits per heavy atom. The molecule has 0 amide bonds. The van der Waals surface area contributed by atoms with Crippen LogP contribution in [-0.4, -0.2) is 65.7 Å². The summed E-state index contributed by atoms with van der Waals surface area (Å²) in [7, 11) is 5.18. The highest BCUT2D eigenvalue weighted by Gasteiger charge is 2.03. The Morgan fingerprint density at radius 2 is 1.21 bits per heavy atom. The molecule has 0 aliphatic carbocycles. The van der Waals surface area contributed by atoms with Crippen molar-refractivity contribution in [1.82, 2.24) is 4.90 Å². The molecule has 0 unspecified atom stereocenters. The van der Waals surface area contributed by atoms with Gasteiger partial charge in [0.15, 0.2) is 0 Å². The summed E-state index contributed by atoms with van der Waals surface area (Å²) in [6, 6.07) is 0. The van der Waals surface area contributed by atoms with E-state index >= 15 is 0 Å². The molecule has 0 aliphatic heterocycles. The molecule has 4 heteroatoms. The average molecular weight is 205 g/mol. The van der Waals surface area contributed by atoms with Crippen molar-refractivity contribution in [2.24, 2.45) is 0 Å². The molecule has 0 aromatic carbocycles. The molecule has 0 saturated heterocycles. The van der Waals surface area contributed by atoms with Crippen molar-refractivity contribution >= 4 is 0 Å². The summed E-state index contributed by atoms with van der Waals surface area (Å²) in [5, 5.41) is 0. The van der Waals surface area contributed by atoms with Gasteiger partial charge in [-0.25, -0.2) is 0 Å². The highest BCUT2D eigenvalue weighted by Crippen LogP contribution is 1.92. The normalized spacial score (nSPS) is 11.1. The van der Waals surface area contributed by atoms with Gasteiger partial charge in [0.2, 0.25) is 0 Å². The summed E-state index contributed by atoms with van der Waals surface area (Å²) < 4.78 is 15.1. The lowest BCUT2D eigenvalue weighted by atomic mass is 10.4. The molecule has 0 saturated carbocycles. The summed E-state index contributed by atoms with van der Waals surface area (Å²) in [5.74, 6) is 0. The van der Waals surface area contributed by atoms with Crippen molar-refractivity contribution in [3.63, 3.8) is 0 Å². The van der Waals surface area contributed by atoms with Crippen LogP contribution in [0.3, 0.4) is 0 Å². The first-order valence-electron chi connectivity index (χ1n) is 5.04. The Balaban J connectivity index is 3.49. The van der Waals surface area contributed by atoms with Crippen molar-refractivity contribution in [2.75, 3.05) is 60.8 Å². The first-order chi connectivity index (χ1) is 6.85. The second-order valence-corrected chi connectivity index (χ2v) is 3.17. The number of nitrogens with zero attached hydrogens (tertiary/aromatic N) is 1. The lowest BCUT2D eigenvalue weighted by Gasteiger charge is -2.21. The lowest BCUT2D eigenvalue weighted by Crippen LogP contribution is -2.32. The average Bonchev–Trinajstić information content (AvgIpc) is 2.21. The van der Waals surface area contributed by atoms with Gasteiger partial charge in [0.1, 0.15) is 0 Å². The molecule has 0 aromatic heterocycles. The molecule has 0 radical (unpaired) electrons. The van der Waals surface area contributed by atoms with Crippen LogP contribution in [0.1, 0.15) is 6.42 Å². The second-order valence-electron chi connectivity index (χ2n) is 3.17. The summed E-state index contributed by atoms with van der Waals surface area (Å²) in [4.78, 5) is 2.33. The van der Waals surface area contributed by atoms with Crippen molar-refractivity contribution < 1.29 is 14.2 Å². The zero-order valence-corrected chi connectivity index (χ0v) is 9.62. The van der Waals surface area contributed by atoms with E-state index in [0.717, 1.165) is 45.9 Å². The molecule has 0 aromatic rings. The molecular formula is C10H23NO3. The van der Waals surface area contributed by atoms with E-state index in [-0.39, 0.29) is 0 Å². The van der Waals surface area contributed by atoms with Gasteiger partial charge in [-0.15, -0.1) is 0 Å². The van der Waals surface area contributed by atoms with E-state index in [4.69, 9.17) is 14.2 Å². The maximum atomic E-state index is 5.04. The minimum absolute atomic E-state index is 0.775. The fourth-order valence-electron chi connectivity index (χ4n) is 1.21. The first kappa shape index (κ1) is 13.8. The molecule has 4 nitrogen and oxygen atoms in total. The quantitative estimate of drug-likeness (QED) is 0.489.